The van der Waals surface area contributed by atoms with Crippen molar-refractivity contribution in [2.75, 3.05) is 40.9 Å². The summed E-state index contributed by atoms with van der Waals surface area (Å²) in [5.74, 6) is -0.153. The van der Waals surface area contributed by atoms with E-state index in [1.165, 1.54) is 109 Å². The van der Waals surface area contributed by atoms with E-state index < -0.39 is 20.0 Å². The summed E-state index contributed by atoms with van der Waals surface area (Å²) in [6.45, 7) is 4.65. The molecule has 0 heterocycles. The number of hydrogen-bond acceptors (Lipinski definition) is 5. The summed E-state index contributed by atoms with van der Waals surface area (Å²) in [7, 11) is 1.61. The van der Waals surface area contributed by atoms with Crippen molar-refractivity contribution in [3.8, 4) is 0 Å². The van der Waals surface area contributed by atoms with Crippen LogP contribution in [-0.4, -0.2) is 73.4 Å². The van der Waals surface area contributed by atoms with Crippen LogP contribution in [-0.2, 0) is 18.4 Å². The summed E-state index contributed by atoms with van der Waals surface area (Å²) in [5, 5.41) is 13.7. The van der Waals surface area contributed by atoms with Crippen LogP contribution in [0.25, 0.3) is 0 Å². The Labute approximate surface area is 377 Å². The molecule has 3 unspecified atom stereocenters. The largest absolute Gasteiger partial charge is 0.472 e. The highest BCUT2D eigenvalue weighted by Crippen LogP contribution is 2.43. The third-order valence-electron chi connectivity index (χ3n) is 11.0. The highest BCUT2D eigenvalue weighted by Gasteiger charge is 2.28. The molecule has 0 fully saturated rings. The van der Waals surface area contributed by atoms with E-state index in [-0.39, 0.29) is 19.1 Å². The van der Waals surface area contributed by atoms with Gasteiger partial charge in [0.2, 0.25) is 5.91 Å². The van der Waals surface area contributed by atoms with E-state index >= 15 is 0 Å². The zero-order chi connectivity index (χ0) is 45.0. The molecule has 0 aliphatic carbocycles. The monoisotopic (exact) mass is 878 g/mol. The molecule has 3 atom stereocenters. The van der Waals surface area contributed by atoms with Gasteiger partial charge in [0, 0.05) is 6.42 Å². The Morgan fingerprint density at radius 2 is 0.984 bits per heavy atom. The van der Waals surface area contributed by atoms with E-state index in [1.807, 2.05) is 21.1 Å². The first-order valence-corrected chi connectivity index (χ1v) is 26.6. The van der Waals surface area contributed by atoms with Crippen LogP contribution in [0, 0.1) is 0 Å². The predicted octanol–water partition coefficient (Wildman–Crippen LogP) is 14.6. The van der Waals surface area contributed by atoms with Gasteiger partial charge >= 0.3 is 7.82 Å². The van der Waals surface area contributed by atoms with Crippen LogP contribution in [0.2, 0.25) is 0 Å². The fourth-order valence-electron chi connectivity index (χ4n) is 7.07. The molecule has 0 saturated heterocycles. The zero-order valence-electron chi connectivity index (χ0n) is 40.4. The lowest BCUT2D eigenvalue weighted by molar-refractivity contribution is -0.870. The summed E-state index contributed by atoms with van der Waals surface area (Å²) >= 11 is 0. The second-order valence-corrected chi connectivity index (χ2v) is 19.6. The number of rotatable bonds is 45. The van der Waals surface area contributed by atoms with Crippen LogP contribution >= 0.6 is 7.82 Å². The summed E-state index contributed by atoms with van der Waals surface area (Å²) in [6.07, 6.45) is 57.8. The highest BCUT2D eigenvalue weighted by molar-refractivity contribution is 7.47. The summed E-state index contributed by atoms with van der Waals surface area (Å²) in [6, 6.07) is -0.756. The van der Waals surface area contributed by atoms with Gasteiger partial charge in [-0.2, -0.15) is 0 Å². The number of quaternary nitrogens is 1. The molecule has 0 aromatic heterocycles. The molecule has 3 N–H and O–H groups in total. The van der Waals surface area contributed by atoms with Crippen LogP contribution in [0.15, 0.2) is 60.8 Å². The minimum atomic E-state index is -4.30. The van der Waals surface area contributed by atoms with Gasteiger partial charge in [0.05, 0.1) is 39.9 Å². The number of nitrogens with zero attached hydrogens (tertiary/aromatic N) is 1. The van der Waals surface area contributed by atoms with Crippen LogP contribution in [0.3, 0.4) is 0 Å². The smallest absolute Gasteiger partial charge is 0.391 e. The number of aliphatic hydroxyl groups excluding tert-OH is 1. The first-order chi connectivity index (χ1) is 29.5. The van der Waals surface area contributed by atoms with Crippen molar-refractivity contribution in [2.24, 2.45) is 0 Å². The van der Waals surface area contributed by atoms with Crippen LogP contribution in [0.4, 0.5) is 0 Å². The molecule has 0 aliphatic heterocycles. The molecule has 0 aromatic carbocycles. The number of amides is 1. The molecular weight excluding hydrogens is 780 g/mol. The normalized spacial score (nSPS) is 14.7. The van der Waals surface area contributed by atoms with Gasteiger partial charge in [0.1, 0.15) is 13.2 Å². The van der Waals surface area contributed by atoms with Gasteiger partial charge in [-0.3, -0.25) is 13.8 Å². The molecule has 0 aliphatic rings. The second-order valence-electron chi connectivity index (χ2n) is 18.2. The third kappa shape index (κ3) is 46.0. The summed E-state index contributed by atoms with van der Waals surface area (Å²) in [4.78, 5) is 22.9. The Hall–Kier alpha value is -1.80. The van der Waals surface area contributed by atoms with Crippen LogP contribution in [0.1, 0.15) is 213 Å². The lowest BCUT2D eigenvalue weighted by Gasteiger charge is -2.26. The Morgan fingerprint density at radius 1 is 0.574 bits per heavy atom. The molecular formula is C52H98N2O6P+. The van der Waals surface area contributed by atoms with Gasteiger partial charge in [-0.05, 0) is 57.8 Å². The fraction of sp³-hybridized carbons (Fsp3) is 0.788. The van der Waals surface area contributed by atoms with Crippen molar-refractivity contribution < 1.29 is 32.9 Å². The van der Waals surface area contributed by atoms with E-state index in [4.69, 9.17) is 9.05 Å². The van der Waals surface area contributed by atoms with E-state index in [0.29, 0.717) is 23.9 Å². The predicted molar refractivity (Wildman–Crippen MR) is 263 cm³/mol. The molecule has 0 aromatic rings. The number of nitrogens with one attached hydrogen (secondary N) is 1. The zero-order valence-corrected chi connectivity index (χ0v) is 41.3. The number of carbonyl (C=O) groups excluding carboxylic acids is 1. The standard InChI is InChI=1S/C52H97N2O6P/c1-6-8-10-12-13-14-15-16-17-18-19-20-21-22-23-24-25-26-27-28-29-30-31-32-33-34-35-36-37-38-39-40-41-42-44-46-52(56)53-50(51(55)45-43-11-9-7-2)49-60-61(57,58)59-48-47-54(3,4)5/h8,10,13-14,16-17,19-20,22-23,50-51,55H,6-7,9,11-12,15,18,21,24-49H2,1-5H3,(H-,53,56,57,58)/p+1/b10-8-,14-13-,17-16-,20-19-,23-22-. The quantitative estimate of drug-likeness (QED) is 0.0244. The fourth-order valence-corrected chi connectivity index (χ4v) is 7.81. The lowest BCUT2D eigenvalue weighted by Crippen LogP contribution is -2.46. The van der Waals surface area contributed by atoms with Gasteiger partial charge < -0.3 is 19.8 Å². The van der Waals surface area contributed by atoms with Gasteiger partial charge in [-0.25, -0.2) is 4.57 Å². The number of likely N-dealkylation sites (N-methyl/N-ethyl adjacent to an activating group) is 1. The molecule has 8 nitrogen and oxygen atoms in total. The van der Waals surface area contributed by atoms with Crippen LogP contribution in [0.5, 0.6) is 0 Å². The Morgan fingerprint density at radius 3 is 1.43 bits per heavy atom. The molecule has 356 valence electrons. The number of phosphoric ester groups is 1. The third-order valence-corrected chi connectivity index (χ3v) is 12.0. The minimum Gasteiger partial charge on any atom is -0.391 e. The maximum atomic E-state index is 12.8. The number of allylic oxidation sites excluding steroid dienone is 10. The summed E-state index contributed by atoms with van der Waals surface area (Å²) in [5.41, 5.74) is 0. The Bertz CT molecular complexity index is 1180. The molecule has 0 bridgehead atoms. The maximum absolute atomic E-state index is 12.8. The lowest BCUT2D eigenvalue weighted by atomic mass is 10.0. The molecule has 0 saturated carbocycles. The summed E-state index contributed by atoms with van der Waals surface area (Å²) < 4.78 is 23.4. The van der Waals surface area contributed by atoms with Crippen molar-refractivity contribution in [3.05, 3.63) is 60.8 Å². The molecule has 9 heteroatoms. The van der Waals surface area contributed by atoms with Crippen molar-refractivity contribution in [1.29, 1.82) is 0 Å². The van der Waals surface area contributed by atoms with E-state index in [1.54, 1.807) is 0 Å². The number of phosphoric acid groups is 1. The Kier molecular flexibility index (Phi) is 42.2. The van der Waals surface area contributed by atoms with Crippen molar-refractivity contribution in [2.45, 2.75) is 225 Å². The first kappa shape index (κ1) is 59.2. The topological polar surface area (TPSA) is 105 Å². The number of hydrogen-bond donors (Lipinski definition) is 3. The number of aliphatic hydroxyl groups is 1. The molecule has 61 heavy (non-hydrogen) atoms. The highest BCUT2D eigenvalue weighted by atomic mass is 31.2. The second kappa shape index (κ2) is 43.5. The molecule has 1 amide bonds. The van der Waals surface area contributed by atoms with E-state index in [9.17, 15) is 19.4 Å². The molecule has 0 rings (SSSR count). The average molecular weight is 878 g/mol. The van der Waals surface area contributed by atoms with E-state index in [0.717, 1.165) is 77.0 Å². The maximum Gasteiger partial charge on any atom is 0.472 e. The van der Waals surface area contributed by atoms with Gasteiger partial charge in [-0.15, -0.1) is 0 Å². The molecule has 0 spiro atoms. The van der Waals surface area contributed by atoms with Crippen LogP contribution < -0.4 is 5.32 Å². The minimum absolute atomic E-state index is 0.0731. The van der Waals surface area contributed by atoms with E-state index in [2.05, 4.69) is 79.9 Å². The number of unbranched alkanes of at least 4 members (excludes halogenated alkanes) is 22. The number of carbonyl (C=O) groups is 1. The SMILES string of the molecule is CC/C=C\C/C=C\C/C=C\C/C=C\C/C=C\CCCCCCCCCCCCCCCCCCCCCC(=O)NC(COP(=O)(O)OCC[N+](C)(C)C)C(O)CCCCCC. The van der Waals surface area contributed by atoms with Gasteiger partial charge in [0.15, 0.2) is 0 Å². The average Bonchev–Trinajstić information content (AvgIpc) is 3.21. The van der Waals surface area contributed by atoms with Gasteiger partial charge in [0.25, 0.3) is 0 Å². The first-order valence-electron chi connectivity index (χ1n) is 25.2. The van der Waals surface area contributed by atoms with Crippen molar-refractivity contribution >= 4 is 13.7 Å². The van der Waals surface area contributed by atoms with Crippen molar-refractivity contribution in [1.82, 2.24) is 5.32 Å². The Balaban J connectivity index is 3.75. The molecule has 0 radical (unpaired) electrons. The van der Waals surface area contributed by atoms with Crippen molar-refractivity contribution in [3.63, 3.8) is 0 Å². The van der Waals surface area contributed by atoms with Gasteiger partial charge in [-0.1, -0.05) is 209 Å².